The zero-order chi connectivity index (χ0) is 39.1. The topological polar surface area (TPSA) is 9.72 Å². The highest BCUT2D eigenvalue weighted by molar-refractivity contribution is 7.26. The zero-order valence-electron chi connectivity index (χ0n) is 32.0. The van der Waals surface area contributed by atoms with Gasteiger partial charge in [0.2, 0.25) is 0 Å². The van der Waals surface area contributed by atoms with E-state index in [1.54, 1.807) is 0 Å². The van der Waals surface area contributed by atoms with Crippen molar-refractivity contribution in [3.8, 4) is 0 Å². The third-order valence-corrected chi connectivity index (χ3v) is 13.3. The van der Waals surface area contributed by atoms with Crippen molar-refractivity contribution in [3.63, 3.8) is 0 Å². The van der Waals surface area contributed by atoms with Crippen molar-refractivity contribution in [2.45, 2.75) is 0 Å². The molecule has 9 aromatic carbocycles. The summed E-state index contributed by atoms with van der Waals surface area (Å²) < 4.78 is 5.07. The summed E-state index contributed by atoms with van der Waals surface area (Å²) in [5.74, 6) is 0. The molecule has 2 aromatic heterocycles. The van der Waals surface area contributed by atoms with Crippen LogP contribution in [-0.2, 0) is 0 Å². The number of benzene rings is 9. The van der Waals surface area contributed by atoms with E-state index in [1.807, 2.05) is 22.7 Å². The third-order valence-electron chi connectivity index (χ3n) is 11.0. The first kappa shape index (κ1) is 35.0. The lowest BCUT2D eigenvalue weighted by atomic mass is 10.1. The number of fused-ring (bicyclic) bond motifs is 6. The Balaban J connectivity index is 1.03. The Kier molecular flexibility index (Phi) is 8.88. The van der Waals surface area contributed by atoms with E-state index >= 15 is 0 Å². The molecular weight excluding hydrogens is 755 g/mol. The summed E-state index contributed by atoms with van der Waals surface area (Å²) in [7, 11) is 0. The van der Waals surface area contributed by atoms with Gasteiger partial charge in [-0.2, -0.15) is 0 Å². The summed E-state index contributed by atoms with van der Waals surface area (Å²) in [4.78, 5) is 7.11. The highest BCUT2D eigenvalue weighted by Gasteiger charge is 2.21. The van der Waals surface area contributed by atoms with Gasteiger partial charge in [0.1, 0.15) is 0 Å². The maximum atomic E-state index is 2.40. The molecule has 0 N–H and O–H groups in total. The van der Waals surface area contributed by atoms with Gasteiger partial charge in [0.25, 0.3) is 0 Å². The lowest BCUT2D eigenvalue weighted by Crippen LogP contribution is -2.09. The molecule has 3 nitrogen and oxygen atoms in total. The Bertz CT molecular complexity index is 3140. The van der Waals surface area contributed by atoms with Gasteiger partial charge in [-0.25, -0.2) is 0 Å². The average Bonchev–Trinajstić information content (AvgIpc) is 3.86. The number of nitrogens with zero attached hydrogens (tertiary/aromatic N) is 3. The summed E-state index contributed by atoms with van der Waals surface area (Å²) in [5, 5.41) is 5.03. The van der Waals surface area contributed by atoms with E-state index in [2.05, 4.69) is 239 Å². The van der Waals surface area contributed by atoms with Crippen molar-refractivity contribution in [2.24, 2.45) is 0 Å². The molecule has 0 bridgehead atoms. The third kappa shape index (κ3) is 6.38. The molecule has 0 saturated heterocycles. The van der Waals surface area contributed by atoms with Crippen molar-refractivity contribution in [3.05, 3.63) is 224 Å². The van der Waals surface area contributed by atoms with Gasteiger partial charge >= 0.3 is 0 Å². The van der Waals surface area contributed by atoms with Crippen LogP contribution in [0.4, 0.5) is 51.2 Å². The summed E-state index contributed by atoms with van der Waals surface area (Å²) >= 11 is 3.71. The second kappa shape index (κ2) is 15.0. The van der Waals surface area contributed by atoms with E-state index in [1.165, 1.54) is 46.0 Å². The summed E-state index contributed by atoms with van der Waals surface area (Å²) in [5.41, 5.74) is 10.2. The van der Waals surface area contributed by atoms with Crippen molar-refractivity contribution < 1.29 is 0 Å². The molecule has 0 aliphatic carbocycles. The largest absolute Gasteiger partial charge is 0.310 e. The minimum atomic E-state index is 1.12. The first-order valence-electron chi connectivity index (χ1n) is 19.8. The smallest absolute Gasteiger partial charge is 0.0640 e. The fourth-order valence-electron chi connectivity index (χ4n) is 8.33. The van der Waals surface area contributed by atoms with Gasteiger partial charge in [-0.3, -0.25) is 0 Å². The molecular formula is C54H37N3S2. The second-order valence-electron chi connectivity index (χ2n) is 14.6. The van der Waals surface area contributed by atoms with Gasteiger partial charge in [-0.15, -0.1) is 22.7 Å². The highest BCUT2D eigenvalue weighted by atomic mass is 32.1. The van der Waals surface area contributed by atoms with Gasteiger partial charge in [-0.1, -0.05) is 109 Å². The van der Waals surface area contributed by atoms with Crippen LogP contribution in [0, 0.1) is 0 Å². The van der Waals surface area contributed by atoms with Crippen LogP contribution in [-0.4, -0.2) is 0 Å². The fraction of sp³-hybridized carbons (Fsp3) is 0. The standard InChI is InChI=1S/C54H37N3S2/c1-6-17-38(18-7-1)55(39-19-8-2-9-20-39)45-29-32-46-48-35-43(30-33-51(48)58-53(46)37-45)56(40-21-10-3-11-22-40)44-31-34-52-49(36-44)47-27-16-28-50(54(47)59-52)57(41-23-12-4-13-24-41)42-25-14-5-15-26-42/h1-37H. The van der Waals surface area contributed by atoms with Crippen LogP contribution in [0.2, 0.25) is 0 Å². The number of para-hydroxylation sites is 5. The summed E-state index contributed by atoms with van der Waals surface area (Å²) in [6.07, 6.45) is 0. The van der Waals surface area contributed by atoms with E-state index in [-0.39, 0.29) is 0 Å². The number of anilines is 9. The number of hydrogen-bond donors (Lipinski definition) is 0. The van der Waals surface area contributed by atoms with Crippen molar-refractivity contribution in [2.75, 3.05) is 14.7 Å². The Labute approximate surface area is 351 Å². The molecule has 280 valence electrons. The molecule has 2 heterocycles. The summed E-state index contributed by atoms with van der Waals surface area (Å²) in [6, 6.07) is 80.9. The molecule has 0 aliphatic heterocycles. The van der Waals surface area contributed by atoms with Gasteiger partial charge in [0, 0.05) is 81.1 Å². The number of rotatable bonds is 9. The van der Waals surface area contributed by atoms with Crippen LogP contribution >= 0.6 is 22.7 Å². The van der Waals surface area contributed by atoms with E-state index in [4.69, 9.17) is 0 Å². The van der Waals surface area contributed by atoms with Crippen LogP contribution < -0.4 is 14.7 Å². The van der Waals surface area contributed by atoms with Crippen molar-refractivity contribution >= 4 is 114 Å². The fourth-order valence-corrected chi connectivity index (χ4v) is 10.6. The van der Waals surface area contributed by atoms with Gasteiger partial charge in [0.05, 0.1) is 10.4 Å². The Morgan fingerprint density at radius 3 is 1.15 bits per heavy atom. The molecule has 0 atom stereocenters. The minimum absolute atomic E-state index is 1.12. The van der Waals surface area contributed by atoms with Crippen LogP contribution in [0.1, 0.15) is 0 Å². The molecule has 0 saturated carbocycles. The van der Waals surface area contributed by atoms with Crippen molar-refractivity contribution in [1.82, 2.24) is 0 Å². The maximum absolute atomic E-state index is 2.40. The van der Waals surface area contributed by atoms with E-state index < -0.39 is 0 Å². The molecule has 0 radical (unpaired) electrons. The Morgan fingerprint density at radius 2 is 0.644 bits per heavy atom. The zero-order valence-corrected chi connectivity index (χ0v) is 33.7. The molecule has 11 rings (SSSR count). The first-order chi connectivity index (χ1) is 29.3. The van der Waals surface area contributed by atoms with Crippen LogP contribution in [0.5, 0.6) is 0 Å². The van der Waals surface area contributed by atoms with Gasteiger partial charge < -0.3 is 14.7 Å². The molecule has 0 spiro atoms. The monoisotopic (exact) mass is 791 g/mol. The molecule has 0 fully saturated rings. The van der Waals surface area contributed by atoms with Crippen LogP contribution in [0.3, 0.4) is 0 Å². The molecule has 11 aromatic rings. The maximum Gasteiger partial charge on any atom is 0.0640 e. The normalized spacial score (nSPS) is 11.4. The quantitative estimate of drug-likeness (QED) is 0.144. The van der Waals surface area contributed by atoms with E-state index in [9.17, 15) is 0 Å². The molecule has 59 heavy (non-hydrogen) atoms. The van der Waals surface area contributed by atoms with Crippen LogP contribution in [0.15, 0.2) is 224 Å². The van der Waals surface area contributed by atoms with Crippen LogP contribution in [0.25, 0.3) is 40.3 Å². The van der Waals surface area contributed by atoms with Gasteiger partial charge in [-0.05, 0) is 115 Å². The lowest BCUT2D eigenvalue weighted by Gasteiger charge is -2.26. The van der Waals surface area contributed by atoms with E-state index in [0.717, 1.165) is 45.5 Å². The predicted octanol–water partition coefficient (Wildman–Crippen LogP) is 16.8. The average molecular weight is 792 g/mol. The van der Waals surface area contributed by atoms with E-state index in [0.29, 0.717) is 0 Å². The number of hydrogen-bond acceptors (Lipinski definition) is 5. The second-order valence-corrected chi connectivity index (χ2v) is 16.7. The minimum Gasteiger partial charge on any atom is -0.310 e. The first-order valence-corrected chi connectivity index (χ1v) is 21.5. The molecule has 0 unspecified atom stereocenters. The summed E-state index contributed by atoms with van der Waals surface area (Å²) in [6.45, 7) is 0. The van der Waals surface area contributed by atoms with Gasteiger partial charge in [0.15, 0.2) is 0 Å². The Hall–Kier alpha value is -7.18. The predicted molar refractivity (Wildman–Crippen MR) is 256 cm³/mol. The Morgan fingerprint density at radius 1 is 0.237 bits per heavy atom. The number of thiophene rings is 2. The molecule has 0 amide bonds. The highest BCUT2D eigenvalue weighted by Crippen LogP contribution is 2.48. The lowest BCUT2D eigenvalue weighted by molar-refractivity contribution is 1.29. The SMILES string of the molecule is c1ccc(N(c2ccccc2)c2ccc3c(c2)sc2ccc(N(c4ccccc4)c4ccc5sc6c(N(c7ccccc7)c7ccccc7)cccc6c5c4)cc23)cc1. The molecule has 5 heteroatoms. The van der Waals surface area contributed by atoms with Crippen molar-refractivity contribution in [1.29, 1.82) is 0 Å². The molecule has 0 aliphatic rings.